The smallest absolute Gasteiger partial charge is 0.261 e. The van der Waals surface area contributed by atoms with Crippen LogP contribution in [0.15, 0.2) is 6.07 Å². The molecule has 1 amide bonds. The van der Waals surface area contributed by atoms with Crippen molar-refractivity contribution in [1.29, 1.82) is 0 Å². The molecule has 0 saturated heterocycles. The molecule has 0 aromatic carbocycles. The van der Waals surface area contributed by atoms with Gasteiger partial charge in [0.1, 0.15) is 0 Å². The highest BCUT2D eigenvalue weighted by Crippen LogP contribution is 2.24. The van der Waals surface area contributed by atoms with Crippen molar-refractivity contribution in [3.63, 3.8) is 0 Å². The van der Waals surface area contributed by atoms with Gasteiger partial charge in [-0.25, -0.2) is 0 Å². The van der Waals surface area contributed by atoms with Crippen molar-refractivity contribution in [2.75, 3.05) is 6.61 Å². The summed E-state index contributed by atoms with van der Waals surface area (Å²) in [4.78, 5) is 14.3. The fourth-order valence-corrected chi connectivity index (χ4v) is 3.37. The van der Waals surface area contributed by atoms with E-state index in [1.54, 1.807) is 11.3 Å². The molecule has 0 saturated carbocycles. The van der Waals surface area contributed by atoms with Gasteiger partial charge >= 0.3 is 0 Å². The Labute approximate surface area is 120 Å². The Balaban J connectivity index is 2.76. The number of nitrogens with one attached hydrogen (secondary N) is 1. The molecule has 1 aromatic heterocycles. The van der Waals surface area contributed by atoms with Crippen LogP contribution >= 0.6 is 11.3 Å². The van der Waals surface area contributed by atoms with E-state index in [1.807, 2.05) is 13.0 Å². The Morgan fingerprint density at radius 2 is 2.16 bits per heavy atom. The second kappa shape index (κ2) is 8.33. The number of hydrogen-bond acceptors (Lipinski definition) is 3. The highest BCUT2D eigenvalue weighted by Gasteiger charge is 2.16. The maximum absolute atomic E-state index is 12.2. The molecule has 0 bridgehead atoms. The first-order valence-electron chi connectivity index (χ1n) is 7.19. The summed E-state index contributed by atoms with van der Waals surface area (Å²) < 4.78 is 0. The van der Waals surface area contributed by atoms with Crippen LogP contribution in [-0.2, 0) is 12.8 Å². The molecule has 2 N–H and O–H groups in total. The maximum atomic E-state index is 12.2. The van der Waals surface area contributed by atoms with Crippen molar-refractivity contribution in [1.82, 2.24) is 5.32 Å². The van der Waals surface area contributed by atoms with Crippen LogP contribution in [0.1, 0.15) is 60.1 Å². The summed E-state index contributed by atoms with van der Waals surface area (Å²) in [7, 11) is 0. The Kier molecular flexibility index (Phi) is 7.10. The topological polar surface area (TPSA) is 49.3 Å². The molecule has 4 heteroatoms. The Morgan fingerprint density at radius 1 is 1.42 bits per heavy atom. The molecule has 1 heterocycles. The van der Waals surface area contributed by atoms with E-state index in [9.17, 15) is 4.79 Å². The largest absolute Gasteiger partial charge is 0.396 e. The van der Waals surface area contributed by atoms with Crippen LogP contribution in [0, 0.1) is 0 Å². The Hall–Kier alpha value is -0.870. The highest BCUT2D eigenvalue weighted by atomic mass is 32.1. The first-order valence-corrected chi connectivity index (χ1v) is 8.01. The SMILES string of the molecule is CCCc1sc(C(=O)NC(CC)CCO)cc1CC. The molecule has 0 aliphatic carbocycles. The van der Waals surface area contributed by atoms with Crippen LogP contribution in [0.25, 0.3) is 0 Å². The third kappa shape index (κ3) is 4.62. The molecular formula is C15H25NO2S. The number of aliphatic hydroxyl groups is 1. The lowest BCUT2D eigenvalue weighted by atomic mass is 10.1. The van der Waals surface area contributed by atoms with E-state index in [1.165, 1.54) is 10.4 Å². The van der Waals surface area contributed by atoms with Gasteiger partial charge in [-0.3, -0.25) is 4.79 Å². The second-order valence-electron chi connectivity index (χ2n) is 4.75. The summed E-state index contributed by atoms with van der Waals surface area (Å²) >= 11 is 1.61. The summed E-state index contributed by atoms with van der Waals surface area (Å²) in [5.41, 5.74) is 1.30. The molecule has 1 rings (SSSR count). The average molecular weight is 283 g/mol. The monoisotopic (exact) mass is 283 g/mol. The zero-order chi connectivity index (χ0) is 14.3. The van der Waals surface area contributed by atoms with Crippen molar-refractivity contribution >= 4 is 17.2 Å². The van der Waals surface area contributed by atoms with E-state index in [4.69, 9.17) is 5.11 Å². The van der Waals surface area contributed by atoms with E-state index in [-0.39, 0.29) is 18.6 Å². The van der Waals surface area contributed by atoms with Crippen molar-refractivity contribution in [3.05, 3.63) is 21.4 Å². The van der Waals surface area contributed by atoms with Gasteiger partial charge in [0, 0.05) is 17.5 Å². The minimum atomic E-state index is 0.00218. The fourth-order valence-electron chi connectivity index (χ4n) is 2.11. The van der Waals surface area contributed by atoms with Crippen LogP contribution in [-0.4, -0.2) is 23.7 Å². The summed E-state index contributed by atoms with van der Waals surface area (Å²) in [6.07, 6.45) is 4.61. The minimum absolute atomic E-state index is 0.00218. The van der Waals surface area contributed by atoms with Gasteiger partial charge in [0.2, 0.25) is 0 Å². The lowest BCUT2D eigenvalue weighted by Crippen LogP contribution is -2.34. The van der Waals surface area contributed by atoms with E-state index < -0.39 is 0 Å². The minimum Gasteiger partial charge on any atom is -0.396 e. The molecular weight excluding hydrogens is 258 g/mol. The predicted molar refractivity (Wildman–Crippen MR) is 80.9 cm³/mol. The Morgan fingerprint density at radius 3 is 2.68 bits per heavy atom. The van der Waals surface area contributed by atoms with Crippen LogP contribution in [0.2, 0.25) is 0 Å². The quantitative estimate of drug-likeness (QED) is 0.770. The van der Waals surface area contributed by atoms with Gasteiger partial charge in [-0.1, -0.05) is 27.2 Å². The fraction of sp³-hybridized carbons (Fsp3) is 0.667. The lowest BCUT2D eigenvalue weighted by molar-refractivity contribution is 0.0933. The van der Waals surface area contributed by atoms with Crippen molar-refractivity contribution < 1.29 is 9.90 Å². The normalized spacial score (nSPS) is 12.4. The predicted octanol–water partition coefficient (Wildman–Crippen LogP) is 3.15. The number of aryl methyl sites for hydroxylation is 2. The van der Waals surface area contributed by atoms with Crippen molar-refractivity contribution in [3.8, 4) is 0 Å². The number of hydrogen-bond donors (Lipinski definition) is 2. The number of rotatable bonds is 8. The molecule has 0 aliphatic heterocycles. The number of thiophene rings is 1. The molecule has 19 heavy (non-hydrogen) atoms. The number of amides is 1. The van der Waals surface area contributed by atoms with Gasteiger partial charge in [0.15, 0.2) is 0 Å². The van der Waals surface area contributed by atoms with Gasteiger partial charge in [0.05, 0.1) is 4.88 Å². The van der Waals surface area contributed by atoms with Crippen molar-refractivity contribution in [2.45, 2.75) is 58.9 Å². The molecule has 0 aliphatic rings. The summed E-state index contributed by atoms with van der Waals surface area (Å²) in [6, 6.07) is 2.09. The molecule has 0 radical (unpaired) electrons. The molecule has 0 fully saturated rings. The summed E-state index contributed by atoms with van der Waals surface area (Å²) in [5, 5.41) is 12.0. The second-order valence-corrected chi connectivity index (χ2v) is 5.89. The van der Waals surface area contributed by atoms with E-state index in [2.05, 4.69) is 19.2 Å². The zero-order valence-corrected chi connectivity index (χ0v) is 13.0. The number of carbonyl (C=O) groups is 1. The third-order valence-corrected chi connectivity index (χ3v) is 4.52. The van der Waals surface area contributed by atoms with E-state index in [0.717, 1.165) is 30.6 Å². The Bertz CT molecular complexity index is 401. The van der Waals surface area contributed by atoms with Crippen LogP contribution in [0.4, 0.5) is 0 Å². The zero-order valence-electron chi connectivity index (χ0n) is 12.2. The van der Waals surface area contributed by atoms with Crippen molar-refractivity contribution in [2.24, 2.45) is 0 Å². The third-order valence-electron chi connectivity index (χ3n) is 3.28. The molecule has 3 nitrogen and oxygen atoms in total. The van der Waals surface area contributed by atoms with Gasteiger partial charge in [0.25, 0.3) is 5.91 Å². The number of carbonyl (C=O) groups excluding carboxylic acids is 1. The molecule has 1 unspecified atom stereocenters. The van der Waals surface area contributed by atoms with Gasteiger partial charge < -0.3 is 10.4 Å². The van der Waals surface area contributed by atoms with Crippen LogP contribution < -0.4 is 5.32 Å². The number of aliphatic hydroxyl groups excluding tert-OH is 1. The van der Waals surface area contributed by atoms with Gasteiger partial charge in [-0.2, -0.15) is 0 Å². The summed E-state index contributed by atoms with van der Waals surface area (Å²) in [6.45, 7) is 6.43. The lowest BCUT2D eigenvalue weighted by Gasteiger charge is -2.14. The van der Waals surface area contributed by atoms with Gasteiger partial charge in [-0.15, -0.1) is 11.3 Å². The maximum Gasteiger partial charge on any atom is 0.261 e. The van der Waals surface area contributed by atoms with Crippen LogP contribution in [0.5, 0.6) is 0 Å². The first-order chi connectivity index (χ1) is 9.15. The molecule has 0 spiro atoms. The molecule has 1 atom stereocenters. The first kappa shape index (κ1) is 16.2. The van der Waals surface area contributed by atoms with E-state index in [0.29, 0.717) is 6.42 Å². The molecule has 108 valence electrons. The van der Waals surface area contributed by atoms with Crippen LogP contribution in [0.3, 0.4) is 0 Å². The van der Waals surface area contributed by atoms with Gasteiger partial charge in [-0.05, 0) is 37.3 Å². The highest BCUT2D eigenvalue weighted by molar-refractivity contribution is 7.14. The standard InChI is InChI=1S/C15H25NO2S/c1-4-7-13-11(5-2)10-14(19-13)15(18)16-12(6-3)8-9-17/h10,12,17H,4-9H2,1-3H3,(H,16,18). The van der Waals surface area contributed by atoms with E-state index >= 15 is 0 Å². The average Bonchev–Trinajstić information content (AvgIpc) is 2.81. The molecule has 1 aromatic rings. The summed E-state index contributed by atoms with van der Waals surface area (Å²) in [5.74, 6) is 0.00218.